The van der Waals surface area contributed by atoms with Crippen molar-refractivity contribution in [1.29, 1.82) is 0 Å². The maximum absolute atomic E-state index is 11.7. The second-order valence-corrected chi connectivity index (χ2v) is 3.73. The van der Waals surface area contributed by atoms with Crippen LogP contribution in [0.15, 0.2) is 24.3 Å². The van der Waals surface area contributed by atoms with Crippen LogP contribution in [-0.2, 0) is 0 Å². The van der Waals surface area contributed by atoms with E-state index in [1.807, 2.05) is 6.92 Å². The van der Waals surface area contributed by atoms with Crippen LogP contribution in [0.4, 0.5) is 0 Å². The Morgan fingerprint density at radius 3 is 2.94 bits per heavy atom. The van der Waals surface area contributed by atoms with Crippen molar-refractivity contribution in [1.82, 2.24) is 5.32 Å². The Morgan fingerprint density at radius 1 is 1.56 bits per heavy atom. The average molecular weight is 223 g/mol. The molecule has 0 aliphatic carbocycles. The Balaban J connectivity index is 2.58. The van der Waals surface area contributed by atoms with Gasteiger partial charge in [-0.25, -0.2) is 0 Å². The SMILES string of the molecule is COc1cccc(C(=O)NCC(C)CO)c1. The number of aliphatic hydroxyl groups excluding tert-OH is 1. The number of hydrogen-bond acceptors (Lipinski definition) is 3. The molecular weight excluding hydrogens is 206 g/mol. The summed E-state index contributed by atoms with van der Waals surface area (Å²) < 4.78 is 5.03. The highest BCUT2D eigenvalue weighted by Gasteiger charge is 2.07. The van der Waals surface area contributed by atoms with Gasteiger partial charge < -0.3 is 15.2 Å². The fourth-order valence-electron chi connectivity index (χ4n) is 1.20. The largest absolute Gasteiger partial charge is 0.497 e. The van der Waals surface area contributed by atoms with E-state index in [1.54, 1.807) is 31.4 Å². The molecule has 4 heteroatoms. The number of carbonyl (C=O) groups is 1. The van der Waals surface area contributed by atoms with Gasteiger partial charge in [-0.15, -0.1) is 0 Å². The molecule has 1 aromatic rings. The van der Waals surface area contributed by atoms with E-state index in [0.717, 1.165) is 0 Å². The molecule has 0 aliphatic heterocycles. The van der Waals surface area contributed by atoms with Crippen molar-refractivity contribution in [3.8, 4) is 5.75 Å². The van der Waals surface area contributed by atoms with E-state index in [-0.39, 0.29) is 18.4 Å². The molecule has 4 nitrogen and oxygen atoms in total. The molecule has 0 heterocycles. The van der Waals surface area contributed by atoms with Gasteiger partial charge in [0.1, 0.15) is 5.75 Å². The van der Waals surface area contributed by atoms with Crippen LogP contribution in [0.25, 0.3) is 0 Å². The summed E-state index contributed by atoms with van der Waals surface area (Å²) >= 11 is 0. The fourth-order valence-corrected chi connectivity index (χ4v) is 1.20. The third-order valence-corrected chi connectivity index (χ3v) is 2.25. The molecule has 0 fully saturated rings. The van der Waals surface area contributed by atoms with Crippen LogP contribution in [0.1, 0.15) is 17.3 Å². The zero-order chi connectivity index (χ0) is 12.0. The highest BCUT2D eigenvalue weighted by Crippen LogP contribution is 2.12. The van der Waals surface area contributed by atoms with Crippen LogP contribution in [0, 0.1) is 5.92 Å². The smallest absolute Gasteiger partial charge is 0.251 e. The van der Waals surface area contributed by atoms with Crippen molar-refractivity contribution in [3.05, 3.63) is 29.8 Å². The van der Waals surface area contributed by atoms with Gasteiger partial charge in [-0.1, -0.05) is 13.0 Å². The predicted molar refractivity (Wildman–Crippen MR) is 61.6 cm³/mol. The van der Waals surface area contributed by atoms with E-state index in [2.05, 4.69) is 5.32 Å². The number of amides is 1. The van der Waals surface area contributed by atoms with E-state index in [9.17, 15) is 4.79 Å². The summed E-state index contributed by atoms with van der Waals surface area (Å²) in [5.74, 6) is 0.566. The Bertz CT molecular complexity index is 352. The summed E-state index contributed by atoms with van der Waals surface area (Å²) in [6, 6.07) is 6.96. The molecule has 0 spiro atoms. The highest BCUT2D eigenvalue weighted by atomic mass is 16.5. The van der Waals surface area contributed by atoms with Gasteiger partial charge in [-0.3, -0.25) is 4.79 Å². The van der Waals surface area contributed by atoms with Gasteiger partial charge in [-0.2, -0.15) is 0 Å². The van der Waals surface area contributed by atoms with E-state index in [4.69, 9.17) is 9.84 Å². The lowest BCUT2D eigenvalue weighted by Crippen LogP contribution is -2.29. The molecule has 0 saturated heterocycles. The molecule has 1 unspecified atom stereocenters. The topological polar surface area (TPSA) is 58.6 Å². The monoisotopic (exact) mass is 223 g/mol. The first kappa shape index (κ1) is 12.5. The third-order valence-electron chi connectivity index (χ3n) is 2.25. The van der Waals surface area contributed by atoms with Crippen molar-refractivity contribution in [3.63, 3.8) is 0 Å². The molecule has 0 saturated carbocycles. The molecule has 1 rings (SSSR count). The molecule has 1 aromatic carbocycles. The van der Waals surface area contributed by atoms with Crippen LogP contribution in [0.3, 0.4) is 0 Å². The second-order valence-electron chi connectivity index (χ2n) is 3.73. The summed E-state index contributed by atoms with van der Waals surface area (Å²) in [5.41, 5.74) is 0.560. The summed E-state index contributed by atoms with van der Waals surface area (Å²) in [7, 11) is 1.56. The van der Waals surface area contributed by atoms with Crippen LogP contribution in [0.5, 0.6) is 5.75 Å². The first-order valence-electron chi connectivity index (χ1n) is 5.20. The number of hydrogen-bond donors (Lipinski definition) is 2. The maximum Gasteiger partial charge on any atom is 0.251 e. The van der Waals surface area contributed by atoms with Gasteiger partial charge >= 0.3 is 0 Å². The predicted octanol–water partition coefficient (Wildman–Crippen LogP) is 1.05. The molecule has 0 aliphatic rings. The van der Waals surface area contributed by atoms with Gasteiger partial charge in [0.15, 0.2) is 0 Å². The van der Waals surface area contributed by atoms with Gasteiger partial charge in [-0.05, 0) is 24.1 Å². The minimum Gasteiger partial charge on any atom is -0.497 e. The Hall–Kier alpha value is -1.55. The number of rotatable bonds is 5. The lowest BCUT2D eigenvalue weighted by molar-refractivity contribution is 0.0942. The summed E-state index contributed by atoms with van der Waals surface area (Å²) in [6.07, 6.45) is 0. The normalized spacial score (nSPS) is 11.9. The van der Waals surface area contributed by atoms with E-state index in [0.29, 0.717) is 17.9 Å². The number of carbonyl (C=O) groups excluding carboxylic acids is 1. The molecule has 0 bridgehead atoms. The quantitative estimate of drug-likeness (QED) is 0.784. The Kier molecular flexibility index (Phi) is 4.79. The van der Waals surface area contributed by atoms with Crippen molar-refractivity contribution >= 4 is 5.91 Å². The lowest BCUT2D eigenvalue weighted by Gasteiger charge is -2.10. The number of benzene rings is 1. The third kappa shape index (κ3) is 3.55. The van der Waals surface area contributed by atoms with Gasteiger partial charge in [0.2, 0.25) is 0 Å². The first-order chi connectivity index (χ1) is 7.67. The zero-order valence-electron chi connectivity index (χ0n) is 9.56. The number of nitrogens with one attached hydrogen (secondary N) is 1. The summed E-state index contributed by atoms with van der Waals surface area (Å²) in [6.45, 7) is 2.40. The first-order valence-corrected chi connectivity index (χ1v) is 5.20. The van der Waals surface area contributed by atoms with Crippen molar-refractivity contribution in [2.24, 2.45) is 5.92 Å². The van der Waals surface area contributed by atoms with E-state index < -0.39 is 0 Å². The van der Waals surface area contributed by atoms with E-state index in [1.165, 1.54) is 0 Å². The second kappa shape index (κ2) is 6.12. The fraction of sp³-hybridized carbons (Fsp3) is 0.417. The lowest BCUT2D eigenvalue weighted by atomic mass is 10.1. The Morgan fingerprint density at radius 2 is 2.31 bits per heavy atom. The molecule has 0 radical (unpaired) electrons. The van der Waals surface area contributed by atoms with Crippen LogP contribution < -0.4 is 10.1 Å². The van der Waals surface area contributed by atoms with Crippen LogP contribution >= 0.6 is 0 Å². The molecule has 1 atom stereocenters. The molecule has 88 valence electrons. The standard InChI is InChI=1S/C12H17NO3/c1-9(8-14)7-13-12(15)10-4-3-5-11(6-10)16-2/h3-6,9,14H,7-8H2,1-2H3,(H,13,15). The van der Waals surface area contributed by atoms with Crippen LogP contribution in [0.2, 0.25) is 0 Å². The minimum absolute atomic E-state index is 0.0644. The maximum atomic E-state index is 11.7. The molecule has 0 aromatic heterocycles. The molecular formula is C12H17NO3. The summed E-state index contributed by atoms with van der Waals surface area (Å²) in [5, 5.41) is 11.6. The number of ether oxygens (including phenoxy) is 1. The summed E-state index contributed by atoms with van der Waals surface area (Å²) in [4.78, 5) is 11.7. The van der Waals surface area contributed by atoms with Crippen LogP contribution in [-0.4, -0.2) is 31.3 Å². The van der Waals surface area contributed by atoms with Crippen molar-refractivity contribution in [2.75, 3.05) is 20.3 Å². The molecule has 1 amide bonds. The number of methoxy groups -OCH3 is 1. The highest BCUT2D eigenvalue weighted by molar-refractivity contribution is 5.94. The van der Waals surface area contributed by atoms with Gasteiger partial charge in [0.05, 0.1) is 7.11 Å². The van der Waals surface area contributed by atoms with E-state index >= 15 is 0 Å². The number of aliphatic hydroxyl groups is 1. The molecule has 16 heavy (non-hydrogen) atoms. The van der Waals surface area contributed by atoms with Gasteiger partial charge in [0, 0.05) is 18.7 Å². The zero-order valence-corrected chi connectivity index (χ0v) is 9.56. The Labute approximate surface area is 95.2 Å². The average Bonchev–Trinajstić information content (AvgIpc) is 2.35. The van der Waals surface area contributed by atoms with Gasteiger partial charge in [0.25, 0.3) is 5.91 Å². The molecule has 2 N–H and O–H groups in total. The van der Waals surface area contributed by atoms with Crippen molar-refractivity contribution in [2.45, 2.75) is 6.92 Å². The van der Waals surface area contributed by atoms with Crippen molar-refractivity contribution < 1.29 is 14.6 Å². The minimum atomic E-state index is -0.154.